The van der Waals surface area contributed by atoms with Crippen molar-refractivity contribution in [3.8, 4) is 0 Å². The quantitative estimate of drug-likeness (QED) is 0.666. The first-order chi connectivity index (χ1) is 7.08. The molecule has 84 valence electrons. The topological polar surface area (TPSA) is 46.2 Å². The van der Waals surface area contributed by atoms with E-state index in [1.54, 1.807) is 23.6 Å². The summed E-state index contributed by atoms with van der Waals surface area (Å²) in [5.41, 5.74) is 0. The van der Waals surface area contributed by atoms with Crippen LogP contribution in [0.15, 0.2) is 32.3 Å². The first-order valence-corrected chi connectivity index (χ1v) is 7.70. The largest absolute Gasteiger partial charge is 0.251 e. The smallest absolute Gasteiger partial charge is 0.207 e. The van der Waals surface area contributed by atoms with Crippen molar-refractivity contribution < 1.29 is 8.42 Å². The number of allylic oxidation sites excluding steroid dienone is 1. The Hall–Kier alpha value is 0.120. The minimum atomic E-state index is -3.40. The van der Waals surface area contributed by atoms with Gasteiger partial charge in [-0.25, -0.2) is 13.1 Å². The van der Waals surface area contributed by atoms with Crippen LogP contribution in [0, 0.1) is 0 Å². The van der Waals surface area contributed by atoms with Crippen LogP contribution in [0.25, 0.3) is 0 Å². The number of rotatable bonds is 5. The van der Waals surface area contributed by atoms with Crippen LogP contribution in [0.2, 0.25) is 0 Å². The van der Waals surface area contributed by atoms with Crippen molar-refractivity contribution in [2.75, 3.05) is 12.4 Å². The van der Waals surface area contributed by atoms with Gasteiger partial charge < -0.3 is 0 Å². The molecule has 1 rings (SSSR count). The second-order valence-electron chi connectivity index (χ2n) is 2.53. The van der Waals surface area contributed by atoms with Crippen LogP contribution in [0.5, 0.6) is 0 Å². The zero-order chi connectivity index (χ0) is 11.3. The van der Waals surface area contributed by atoms with Crippen LogP contribution >= 0.6 is 38.9 Å². The summed E-state index contributed by atoms with van der Waals surface area (Å²) in [6, 6.07) is 1.70. The van der Waals surface area contributed by atoms with E-state index in [1.807, 2.05) is 0 Å². The lowest BCUT2D eigenvalue weighted by Crippen LogP contribution is -2.23. The Kier molecular flexibility index (Phi) is 5.28. The lowest BCUT2D eigenvalue weighted by Gasteiger charge is -2.01. The molecule has 1 aromatic rings. The molecule has 0 radical (unpaired) electrons. The molecule has 0 aliphatic heterocycles. The number of thiophene rings is 1. The summed E-state index contributed by atoms with van der Waals surface area (Å²) in [6.45, 7) is 0.249. The van der Waals surface area contributed by atoms with Gasteiger partial charge in [-0.15, -0.1) is 22.9 Å². The average molecular weight is 331 g/mol. The third-order valence-electron chi connectivity index (χ3n) is 1.48. The molecule has 0 unspecified atom stereocenters. The molecule has 0 bridgehead atoms. The summed E-state index contributed by atoms with van der Waals surface area (Å²) in [5, 5.41) is 1.72. The standard InChI is InChI=1S/C8H9BrClNO2S2/c9-7-3-6-14-8(7)15(12,13)11-5-2-1-4-10/h1-3,6,11H,4-5H2/b2-1+. The van der Waals surface area contributed by atoms with Crippen molar-refractivity contribution in [2.24, 2.45) is 0 Å². The highest BCUT2D eigenvalue weighted by molar-refractivity contribution is 9.10. The van der Waals surface area contributed by atoms with Gasteiger partial charge in [0.1, 0.15) is 4.21 Å². The van der Waals surface area contributed by atoms with Gasteiger partial charge in [0, 0.05) is 16.9 Å². The van der Waals surface area contributed by atoms with Crippen LogP contribution in [-0.4, -0.2) is 20.8 Å². The highest BCUT2D eigenvalue weighted by Gasteiger charge is 2.17. The van der Waals surface area contributed by atoms with Gasteiger partial charge in [-0.05, 0) is 27.4 Å². The Labute approximate surface area is 106 Å². The molecule has 1 aromatic heterocycles. The van der Waals surface area contributed by atoms with E-state index in [-0.39, 0.29) is 6.54 Å². The average Bonchev–Trinajstić information content (AvgIpc) is 2.60. The van der Waals surface area contributed by atoms with Crippen LogP contribution in [0.1, 0.15) is 0 Å². The molecule has 0 saturated carbocycles. The summed E-state index contributed by atoms with van der Waals surface area (Å²) in [7, 11) is -3.40. The summed E-state index contributed by atoms with van der Waals surface area (Å²) in [4.78, 5) is 0. The van der Waals surface area contributed by atoms with E-state index in [2.05, 4.69) is 20.7 Å². The van der Waals surface area contributed by atoms with Gasteiger partial charge in [0.05, 0.1) is 0 Å². The number of halogens is 2. The van der Waals surface area contributed by atoms with E-state index in [1.165, 1.54) is 11.3 Å². The van der Waals surface area contributed by atoms with Gasteiger partial charge in [0.2, 0.25) is 0 Å². The van der Waals surface area contributed by atoms with E-state index >= 15 is 0 Å². The van der Waals surface area contributed by atoms with Gasteiger partial charge >= 0.3 is 0 Å². The maximum atomic E-state index is 11.7. The van der Waals surface area contributed by atoms with E-state index in [0.29, 0.717) is 14.6 Å². The highest BCUT2D eigenvalue weighted by atomic mass is 79.9. The predicted molar refractivity (Wildman–Crippen MR) is 67.1 cm³/mol. The Balaban J connectivity index is 2.69. The van der Waals surface area contributed by atoms with Crippen molar-refractivity contribution in [1.29, 1.82) is 0 Å². The molecule has 0 fully saturated rings. The zero-order valence-electron chi connectivity index (χ0n) is 7.61. The van der Waals surface area contributed by atoms with Gasteiger partial charge in [-0.2, -0.15) is 0 Å². The highest BCUT2D eigenvalue weighted by Crippen LogP contribution is 2.27. The summed E-state index contributed by atoms with van der Waals surface area (Å²) in [6.07, 6.45) is 3.36. The van der Waals surface area contributed by atoms with E-state index in [4.69, 9.17) is 11.6 Å². The maximum Gasteiger partial charge on any atom is 0.251 e. The van der Waals surface area contributed by atoms with Gasteiger partial charge in [-0.1, -0.05) is 12.2 Å². The minimum Gasteiger partial charge on any atom is -0.207 e. The number of nitrogens with one attached hydrogen (secondary N) is 1. The summed E-state index contributed by atoms with van der Waals surface area (Å²) >= 11 is 9.76. The molecule has 1 N–H and O–H groups in total. The van der Waals surface area contributed by atoms with E-state index < -0.39 is 10.0 Å². The van der Waals surface area contributed by atoms with Crippen LogP contribution in [0.4, 0.5) is 0 Å². The fourth-order valence-corrected chi connectivity index (χ4v) is 4.32. The molecule has 0 amide bonds. The zero-order valence-corrected chi connectivity index (χ0v) is 11.6. The lowest BCUT2D eigenvalue weighted by molar-refractivity contribution is 0.587. The third-order valence-corrected chi connectivity index (χ3v) is 5.75. The Morgan fingerprint density at radius 1 is 1.53 bits per heavy atom. The minimum absolute atomic E-state index is 0.249. The third kappa shape index (κ3) is 3.88. The van der Waals surface area contributed by atoms with Crippen molar-refractivity contribution in [3.63, 3.8) is 0 Å². The molecule has 0 atom stereocenters. The van der Waals surface area contributed by atoms with Crippen molar-refractivity contribution in [1.82, 2.24) is 4.72 Å². The molecule has 0 aromatic carbocycles. The monoisotopic (exact) mass is 329 g/mol. The van der Waals surface area contributed by atoms with Crippen molar-refractivity contribution in [3.05, 3.63) is 28.1 Å². The fourth-order valence-electron chi connectivity index (χ4n) is 0.841. The molecule has 0 spiro atoms. The maximum absolute atomic E-state index is 11.7. The van der Waals surface area contributed by atoms with Crippen molar-refractivity contribution in [2.45, 2.75) is 4.21 Å². The molecular weight excluding hydrogens is 322 g/mol. The van der Waals surface area contributed by atoms with E-state index in [9.17, 15) is 8.42 Å². The second-order valence-corrected chi connectivity index (χ2v) is 6.57. The summed E-state index contributed by atoms with van der Waals surface area (Å²) < 4.78 is 26.7. The number of sulfonamides is 1. The Bertz CT molecular complexity index is 441. The van der Waals surface area contributed by atoms with Crippen LogP contribution < -0.4 is 4.72 Å². The number of hydrogen-bond donors (Lipinski definition) is 1. The molecule has 0 aliphatic rings. The van der Waals surface area contributed by atoms with Gasteiger partial charge in [-0.3, -0.25) is 0 Å². The SMILES string of the molecule is O=S(=O)(NC/C=C/CCl)c1sccc1Br. The van der Waals surface area contributed by atoms with Gasteiger partial charge in [0.15, 0.2) is 0 Å². The predicted octanol–water partition coefficient (Wildman–Crippen LogP) is 2.58. The Morgan fingerprint density at radius 3 is 2.80 bits per heavy atom. The molecule has 3 nitrogen and oxygen atoms in total. The van der Waals surface area contributed by atoms with Gasteiger partial charge in [0.25, 0.3) is 10.0 Å². The summed E-state index contributed by atoms with van der Waals surface area (Å²) in [5.74, 6) is 0.379. The van der Waals surface area contributed by atoms with Crippen LogP contribution in [-0.2, 0) is 10.0 Å². The van der Waals surface area contributed by atoms with E-state index in [0.717, 1.165) is 0 Å². The normalized spacial score (nSPS) is 12.4. The molecule has 0 aliphatic carbocycles. The molecular formula is C8H9BrClNO2S2. The molecule has 7 heteroatoms. The molecule has 15 heavy (non-hydrogen) atoms. The van der Waals surface area contributed by atoms with Crippen LogP contribution in [0.3, 0.4) is 0 Å². The first-order valence-electron chi connectivity index (χ1n) is 4.01. The Morgan fingerprint density at radius 2 is 2.27 bits per heavy atom. The fraction of sp³-hybridized carbons (Fsp3) is 0.250. The second kappa shape index (κ2) is 6.00. The molecule has 1 heterocycles. The first kappa shape index (κ1) is 13.2. The van der Waals surface area contributed by atoms with Crippen molar-refractivity contribution >= 4 is 48.9 Å². The number of alkyl halides is 1. The number of hydrogen-bond acceptors (Lipinski definition) is 3. The lowest BCUT2D eigenvalue weighted by atomic mass is 10.5. The molecule has 0 saturated heterocycles.